The summed E-state index contributed by atoms with van der Waals surface area (Å²) in [6, 6.07) is 3.43. The quantitative estimate of drug-likeness (QED) is 0.460. The first-order chi connectivity index (χ1) is 8.56. The average molecular weight is 252 g/mol. The fraction of sp³-hybridized carbons (Fsp3) is 0.538. The molecule has 0 saturated heterocycles. The van der Waals surface area contributed by atoms with Crippen molar-refractivity contribution in [3.8, 4) is 5.75 Å². The summed E-state index contributed by atoms with van der Waals surface area (Å²) in [6.07, 6.45) is 1.06. The largest absolute Gasteiger partial charge is 0.485 e. The molecule has 0 aliphatic heterocycles. The van der Waals surface area contributed by atoms with Gasteiger partial charge in [0.2, 0.25) is 0 Å². The van der Waals surface area contributed by atoms with Crippen molar-refractivity contribution in [2.75, 3.05) is 19.7 Å². The molecule has 0 radical (unpaired) electrons. The molecule has 5 heteroatoms. The van der Waals surface area contributed by atoms with Crippen LogP contribution in [-0.4, -0.2) is 24.6 Å². The molecule has 0 unspecified atom stereocenters. The molecular weight excluding hydrogens is 232 g/mol. The van der Waals surface area contributed by atoms with Crippen molar-refractivity contribution in [2.45, 2.75) is 27.2 Å². The van der Waals surface area contributed by atoms with E-state index in [1.54, 1.807) is 6.07 Å². The minimum absolute atomic E-state index is 0.0444. The van der Waals surface area contributed by atoms with E-state index in [0.717, 1.165) is 24.1 Å². The van der Waals surface area contributed by atoms with E-state index >= 15 is 0 Å². The van der Waals surface area contributed by atoms with Crippen LogP contribution in [0, 0.1) is 24.0 Å². The zero-order chi connectivity index (χ0) is 13.5. The van der Waals surface area contributed by atoms with Crippen LogP contribution in [0.2, 0.25) is 0 Å². The van der Waals surface area contributed by atoms with Gasteiger partial charge in [0.05, 0.1) is 4.92 Å². The summed E-state index contributed by atoms with van der Waals surface area (Å²) in [5, 5.41) is 14.2. The monoisotopic (exact) mass is 252 g/mol. The van der Waals surface area contributed by atoms with Crippen molar-refractivity contribution in [1.29, 1.82) is 0 Å². The molecule has 0 fully saturated rings. The molecule has 100 valence electrons. The van der Waals surface area contributed by atoms with E-state index in [1.165, 1.54) is 0 Å². The van der Waals surface area contributed by atoms with Crippen LogP contribution in [-0.2, 0) is 0 Å². The van der Waals surface area contributed by atoms with Gasteiger partial charge in [0.15, 0.2) is 5.75 Å². The molecule has 5 nitrogen and oxygen atoms in total. The normalized spacial score (nSPS) is 10.4. The van der Waals surface area contributed by atoms with E-state index in [4.69, 9.17) is 4.74 Å². The van der Waals surface area contributed by atoms with Crippen LogP contribution in [0.5, 0.6) is 5.75 Å². The van der Waals surface area contributed by atoms with Crippen molar-refractivity contribution in [2.24, 2.45) is 0 Å². The number of hydrogen-bond donors (Lipinski definition) is 1. The van der Waals surface area contributed by atoms with Crippen LogP contribution in [0.4, 0.5) is 5.69 Å². The molecular formula is C13H20N2O3. The Balaban J connectivity index is 2.71. The molecule has 0 amide bonds. The highest BCUT2D eigenvalue weighted by Gasteiger charge is 2.18. The highest BCUT2D eigenvalue weighted by Crippen LogP contribution is 2.31. The van der Waals surface area contributed by atoms with Crippen molar-refractivity contribution < 1.29 is 9.66 Å². The van der Waals surface area contributed by atoms with Crippen molar-refractivity contribution in [3.63, 3.8) is 0 Å². The number of benzene rings is 1. The topological polar surface area (TPSA) is 64.4 Å². The van der Waals surface area contributed by atoms with E-state index in [1.807, 2.05) is 19.9 Å². The van der Waals surface area contributed by atoms with Gasteiger partial charge in [-0.2, -0.15) is 0 Å². The van der Waals surface area contributed by atoms with Gasteiger partial charge in [0.1, 0.15) is 6.61 Å². The van der Waals surface area contributed by atoms with Gasteiger partial charge in [-0.3, -0.25) is 10.1 Å². The first-order valence-corrected chi connectivity index (χ1v) is 6.15. The Morgan fingerprint density at radius 3 is 2.67 bits per heavy atom. The predicted molar refractivity (Wildman–Crippen MR) is 71.2 cm³/mol. The molecule has 1 N–H and O–H groups in total. The molecule has 0 atom stereocenters. The Kier molecular flexibility index (Phi) is 5.58. The number of nitrogens with zero attached hydrogens (tertiary/aromatic N) is 1. The summed E-state index contributed by atoms with van der Waals surface area (Å²) in [4.78, 5) is 10.6. The SMILES string of the molecule is CCCNCCOc1c(C)cc(C)cc1[N+](=O)[O-]. The maximum absolute atomic E-state index is 11.0. The summed E-state index contributed by atoms with van der Waals surface area (Å²) in [6.45, 7) is 7.81. The highest BCUT2D eigenvalue weighted by molar-refractivity contribution is 5.53. The maximum atomic E-state index is 11.0. The number of nitro groups is 1. The van der Waals surface area contributed by atoms with E-state index in [9.17, 15) is 10.1 Å². The van der Waals surface area contributed by atoms with E-state index in [0.29, 0.717) is 18.9 Å². The van der Waals surface area contributed by atoms with E-state index < -0.39 is 4.92 Å². The Morgan fingerprint density at radius 1 is 1.33 bits per heavy atom. The van der Waals surface area contributed by atoms with Gasteiger partial charge in [0, 0.05) is 12.6 Å². The summed E-state index contributed by atoms with van der Waals surface area (Å²) in [7, 11) is 0. The van der Waals surface area contributed by atoms with Gasteiger partial charge in [-0.25, -0.2) is 0 Å². The second-order valence-corrected chi connectivity index (χ2v) is 4.29. The number of hydrogen-bond acceptors (Lipinski definition) is 4. The zero-order valence-corrected chi connectivity index (χ0v) is 11.2. The first-order valence-electron chi connectivity index (χ1n) is 6.15. The average Bonchev–Trinajstić information content (AvgIpc) is 2.30. The summed E-state index contributed by atoms with van der Waals surface area (Å²) in [5.74, 6) is 0.379. The van der Waals surface area contributed by atoms with Gasteiger partial charge in [-0.05, 0) is 37.9 Å². The van der Waals surface area contributed by atoms with Crippen LogP contribution >= 0.6 is 0 Å². The fourth-order valence-electron chi connectivity index (χ4n) is 1.78. The molecule has 1 rings (SSSR count). The Labute approximate surface area is 107 Å². The number of aryl methyl sites for hydroxylation is 2. The Morgan fingerprint density at radius 2 is 2.06 bits per heavy atom. The van der Waals surface area contributed by atoms with Crippen molar-refractivity contribution in [3.05, 3.63) is 33.4 Å². The Hall–Kier alpha value is -1.62. The zero-order valence-electron chi connectivity index (χ0n) is 11.2. The van der Waals surface area contributed by atoms with Crippen LogP contribution in [0.15, 0.2) is 12.1 Å². The molecule has 1 aromatic carbocycles. The molecule has 0 heterocycles. The standard InChI is InChI=1S/C13H20N2O3/c1-4-5-14-6-7-18-13-11(3)8-10(2)9-12(13)15(16)17/h8-9,14H,4-7H2,1-3H3. The van der Waals surface area contributed by atoms with Crippen LogP contribution in [0.1, 0.15) is 24.5 Å². The molecule has 0 aromatic heterocycles. The molecule has 0 aliphatic carbocycles. The molecule has 1 aromatic rings. The lowest BCUT2D eigenvalue weighted by molar-refractivity contribution is -0.386. The van der Waals surface area contributed by atoms with Crippen LogP contribution < -0.4 is 10.1 Å². The van der Waals surface area contributed by atoms with Crippen molar-refractivity contribution in [1.82, 2.24) is 5.32 Å². The van der Waals surface area contributed by atoms with Crippen molar-refractivity contribution >= 4 is 5.69 Å². The van der Waals surface area contributed by atoms with Crippen LogP contribution in [0.3, 0.4) is 0 Å². The Bertz CT molecular complexity index is 419. The number of ether oxygens (including phenoxy) is 1. The van der Waals surface area contributed by atoms with E-state index in [2.05, 4.69) is 12.2 Å². The molecule has 0 aliphatic rings. The number of nitro benzene ring substituents is 1. The third kappa shape index (κ3) is 4.00. The van der Waals surface area contributed by atoms with Gasteiger partial charge in [-0.1, -0.05) is 13.0 Å². The number of rotatable bonds is 7. The summed E-state index contributed by atoms with van der Waals surface area (Å²) >= 11 is 0. The molecule has 0 saturated carbocycles. The van der Waals surface area contributed by atoms with Crippen LogP contribution in [0.25, 0.3) is 0 Å². The third-order valence-electron chi connectivity index (χ3n) is 2.55. The van der Waals surface area contributed by atoms with Gasteiger partial charge in [0.25, 0.3) is 0 Å². The molecule has 18 heavy (non-hydrogen) atoms. The lowest BCUT2D eigenvalue weighted by Crippen LogP contribution is -2.22. The second-order valence-electron chi connectivity index (χ2n) is 4.29. The lowest BCUT2D eigenvalue weighted by Gasteiger charge is -2.10. The summed E-state index contributed by atoms with van der Waals surface area (Å²) < 4.78 is 5.53. The third-order valence-corrected chi connectivity index (χ3v) is 2.55. The lowest BCUT2D eigenvalue weighted by atomic mass is 10.1. The van der Waals surface area contributed by atoms with E-state index in [-0.39, 0.29) is 5.69 Å². The predicted octanol–water partition coefficient (Wildman–Crippen LogP) is 2.59. The minimum Gasteiger partial charge on any atom is -0.485 e. The summed E-state index contributed by atoms with van der Waals surface area (Å²) in [5.41, 5.74) is 1.72. The molecule has 0 bridgehead atoms. The molecule has 0 spiro atoms. The first kappa shape index (κ1) is 14.4. The highest BCUT2D eigenvalue weighted by atomic mass is 16.6. The maximum Gasteiger partial charge on any atom is 0.311 e. The second kappa shape index (κ2) is 6.96. The van der Waals surface area contributed by atoms with Gasteiger partial charge in [-0.15, -0.1) is 0 Å². The van der Waals surface area contributed by atoms with Gasteiger partial charge >= 0.3 is 5.69 Å². The smallest absolute Gasteiger partial charge is 0.311 e. The fourth-order valence-corrected chi connectivity index (χ4v) is 1.78. The van der Waals surface area contributed by atoms with Gasteiger partial charge < -0.3 is 10.1 Å². The number of nitrogens with one attached hydrogen (secondary N) is 1. The minimum atomic E-state index is -0.394.